The normalized spacial score (nSPS) is 24.5. The molecule has 3 rings (SSSR count). The maximum atomic E-state index is 13.1. The number of hydrogen-bond donors (Lipinski definition) is 0. The lowest BCUT2D eigenvalue weighted by Crippen LogP contribution is -2.51. The smallest absolute Gasteiger partial charge is 0.123 e. The molecule has 0 N–H and O–H groups in total. The SMILES string of the molecule is CC[C@H](c1ccc(F)cc1)N1CCC2(CCCN2C)CC1. The molecule has 2 nitrogen and oxygen atoms in total. The second-order valence-corrected chi connectivity index (χ2v) is 6.76. The van der Waals surface area contributed by atoms with Crippen molar-refractivity contribution in [1.82, 2.24) is 9.80 Å². The summed E-state index contributed by atoms with van der Waals surface area (Å²) in [6, 6.07) is 7.53. The first-order valence-electron chi connectivity index (χ1n) is 8.35. The third-order valence-electron chi connectivity index (χ3n) is 5.76. The zero-order valence-corrected chi connectivity index (χ0v) is 13.3. The van der Waals surface area contributed by atoms with E-state index in [9.17, 15) is 4.39 Å². The van der Waals surface area contributed by atoms with Crippen LogP contribution < -0.4 is 0 Å². The van der Waals surface area contributed by atoms with Crippen LogP contribution in [0.3, 0.4) is 0 Å². The largest absolute Gasteiger partial charge is 0.301 e. The third kappa shape index (κ3) is 2.86. The molecule has 2 heterocycles. The van der Waals surface area contributed by atoms with Crippen LogP contribution in [0.5, 0.6) is 0 Å². The fraction of sp³-hybridized carbons (Fsp3) is 0.667. The predicted molar refractivity (Wildman–Crippen MR) is 84.8 cm³/mol. The molecule has 1 aromatic rings. The zero-order chi connectivity index (χ0) is 14.9. The fourth-order valence-electron chi connectivity index (χ4n) is 4.35. The highest BCUT2D eigenvalue weighted by Crippen LogP contribution is 2.39. The molecule has 2 saturated heterocycles. The van der Waals surface area contributed by atoms with E-state index in [1.54, 1.807) is 12.1 Å². The Morgan fingerprint density at radius 1 is 1.10 bits per heavy atom. The van der Waals surface area contributed by atoms with Gasteiger partial charge in [-0.1, -0.05) is 19.1 Å². The van der Waals surface area contributed by atoms with Crippen LogP contribution in [0, 0.1) is 5.82 Å². The zero-order valence-electron chi connectivity index (χ0n) is 13.3. The summed E-state index contributed by atoms with van der Waals surface area (Å²) in [5.41, 5.74) is 1.73. The average molecular weight is 290 g/mol. The first kappa shape index (κ1) is 15.0. The quantitative estimate of drug-likeness (QED) is 0.834. The van der Waals surface area contributed by atoms with Gasteiger partial charge in [0.05, 0.1) is 0 Å². The van der Waals surface area contributed by atoms with E-state index in [0.29, 0.717) is 11.6 Å². The number of piperidine rings is 1. The summed E-state index contributed by atoms with van der Waals surface area (Å²) in [5, 5.41) is 0. The number of benzene rings is 1. The van der Waals surface area contributed by atoms with Crippen molar-refractivity contribution < 1.29 is 4.39 Å². The Balaban J connectivity index is 1.68. The van der Waals surface area contributed by atoms with Gasteiger partial charge in [-0.25, -0.2) is 4.39 Å². The van der Waals surface area contributed by atoms with E-state index in [1.165, 1.54) is 50.9 Å². The van der Waals surface area contributed by atoms with Gasteiger partial charge in [-0.05, 0) is 63.4 Å². The molecular formula is C18H27FN2. The minimum atomic E-state index is -0.140. The van der Waals surface area contributed by atoms with Crippen LogP contribution in [0.15, 0.2) is 24.3 Å². The van der Waals surface area contributed by atoms with Crippen molar-refractivity contribution in [3.63, 3.8) is 0 Å². The maximum Gasteiger partial charge on any atom is 0.123 e. The van der Waals surface area contributed by atoms with Crippen LogP contribution in [-0.2, 0) is 0 Å². The van der Waals surface area contributed by atoms with E-state index in [1.807, 2.05) is 12.1 Å². The summed E-state index contributed by atoms with van der Waals surface area (Å²) < 4.78 is 13.1. The Morgan fingerprint density at radius 3 is 2.29 bits per heavy atom. The monoisotopic (exact) mass is 290 g/mol. The molecule has 0 aliphatic carbocycles. The predicted octanol–water partition coefficient (Wildman–Crippen LogP) is 3.84. The minimum absolute atomic E-state index is 0.140. The molecule has 0 aromatic heterocycles. The summed E-state index contributed by atoms with van der Waals surface area (Å²) in [4.78, 5) is 5.19. The lowest BCUT2D eigenvalue weighted by Gasteiger charge is -2.46. The molecule has 0 radical (unpaired) electrons. The van der Waals surface area contributed by atoms with E-state index in [4.69, 9.17) is 0 Å². The topological polar surface area (TPSA) is 6.48 Å². The van der Waals surface area contributed by atoms with Crippen molar-refractivity contribution in [3.8, 4) is 0 Å². The Kier molecular flexibility index (Phi) is 4.32. The van der Waals surface area contributed by atoms with Crippen molar-refractivity contribution in [1.29, 1.82) is 0 Å². The first-order chi connectivity index (χ1) is 10.1. The highest BCUT2D eigenvalue weighted by molar-refractivity contribution is 5.20. The van der Waals surface area contributed by atoms with Gasteiger partial charge in [-0.15, -0.1) is 0 Å². The lowest BCUT2D eigenvalue weighted by molar-refractivity contribution is 0.0478. The second-order valence-electron chi connectivity index (χ2n) is 6.76. The second kappa shape index (κ2) is 6.05. The molecule has 2 aliphatic rings. The molecule has 2 aliphatic heterocycles. The molecule has 0 bridgehead atoms. The highest BCUT2D eigenvalue weighted by Gasteiger charge is 2.41. The van der Waals surface area contributed by atoms with Crippen molar-refractivity contribution in [2.45, 2.75) is 50.6 Å². The van der Waals surface area contributed by atoms with Crippen LogP contribution in [0.2, 0.25) is 0 Å². The Bertz CT molecular complexity index is 463. The van der Waals surface area contributed by atoms with Gasteiger partial charge in [0.15, 0.2) is 0 Å². The van der Waals surface area contributed by atoms with Gasteiger partial charge in [0.25, 0.3) is 0 Å². The van der Waals surface area contributed by atoms with Crippen LogP contribution in [0.1, 0.15) is 50.6 Å². The van der Waals surface area contributed by atoms with Crippen molar-refractivity contribution in [2.75, 3.05) is 26.7 Å². The molecule has 0 unspecified atom stereocenters. The number of likely N-dealkylation sites (tertiary alicyclic amines) is 2. The highest BCUT2D eigenvalue weighted by atomic mass is 19.1. The summed E-state index contributed by atoms with van der Waals surface area (Å²) in [6.07, 6.45) is 6.37. The Hall–Kier alpha value is -0.930. The van der Waals surface area contributed by atoms with Gasteiger partial charge in [0.1, 0.15) is 5.82 Å². The van der Waals surface area contributed by atoms with Crippen LogP contribution >= 0.6 is 0 Å². The van der Waals surface area contributed by atoms with E-state index in [-0.39, 0.29) is 5.82 Å². The van der Waals surface area contributed by atoms with Gasteiger partial charge in [-0.3, -0.25) is 4.90 Å². The molecule has 0 amide bonds. The van der Waals surface area contributed by atoms with Gasteiger partial charge in [-0.2, -0.15) is 0 Å². The lowest BCUT2D eigenvalue weighted by atomic mass is 9.84. The molecule has 3 heteroatoms. The molecule has 116 valence electrons. The number of hydrogen-bond acceptors (Lipinski definition) is 2. The Labute approximate surface area is 127 Å². The van der Waals surface area contributed by atoms with E-state index < -0.39 is 0 Å². The van der Waals surface area contributed by atoms with Crippen LogP contribution in [0.4, 0.5) is 4.39 Å². The van der Waals surface area contributed by atoms with E-state index in [2.05, 4.69) is 23.8 Å². The van der Waals surface area contributed by atoms with E-state index >= 15 is 0 Å². The number of nitrogens with zero attached hydrogens (tertiary/aromatic N) is 2. The Morgan fingerprint density at radius 2 is 1.76 bits per heavy atom. The number of rotatable bonds is 3. The maximum absolute atomic E-state index is 13.1. The minimum Gasteiger partial charge on any atom is -0.301 e. The van der Waals surface area contributed by atoms with Gasteiger partial charge < -0.3 is 4.90 Å². The molecular weight excluding hydrogens is 263 g/mol. The van der Waals surface area contributed by atoms with Crippen molar-refractivity contribution >= 4 is 0 Å². The van der Waals surface area contributed by atoms with Crippen molar-refractivity contribution in [3.05, 3.63) is 35.6 Å². The van der Waals surface area contributed by atoms with Gasteiger partial charge in [0.2, 0.25) is 0 Å². The molecule has 1 spiro atoms. The molecule has 1 atom stereocenters. The third-order valence-corrected chi connectivity index (χ3v) is 5.76. The standard InChI is InChI=1S/C18H27FN2/c1-3-17(15-5-7-16(19)8-6-15)21-13-10-18(11-14-21)9-4-12-20(18)2/h5-8,17H,3-4,9-14H2,1-2H3/t17-/m1/s1. The molecule has 2 fully saturated rings. The average Bonchev–Trinajstić information content (AvgIpc) is 2.85. The first-order valence-corrected chi connectivity index (χ1v) is 8.35. The van der Waals surface area contributed by atoms with E-state index in [0.717, 1.165) is 6.42 Å². The summed E-state index contributed by atoms with van der Waals surface area (Å²) >= 11 is 0. The van der Waals surface area contributed by atoms with Gasteiger partial charge in [0, 0.05) is 24.7 Å². The van der Waals surface area contributed by atoms with Crippen LogP contribution in [0.25, 0.3) is 0 Å². The number of halogens is 1. The molecule has 0 saturated carbocycles. The van der Waals surface area contributed by atoms with Crippen molar-refractivity contribution in [2.24, 2.45) is 0 Å². The summed E-state index contributed by atoms with van der Waals surface area (Å²) in [5.74, 6) is -0.140. The molecule has 21 heavy (non-hydrogen) atoms. The molecule has 1 aromatic carbocycles. The van der Waals surface area contributed by atoms with Crippen LogP contribution in [-0.4, -0.2) is 42.0 Å². The fourth-order valence-corrected chi connectivity index (χ4v) is 4.35. The summed E-state index contributed by atoms with van der Waals surface area (Å²) in [7, 11) is 2.29. The van der Waals surface area contributed by atoms with Gasteiger partial charge >= 0.3 is 0 Å². The summed E-state index contributed by atoms with van der Waals surface area (Å²) in [6.45, 7) is 5.83.